The second-order valence-corrected chi connectivity index (χ2v) is 7.40. The van der Waals surface area contributed by atoms with E-state index < -0.39 is 0 Å². The van der Waals surface area contributed by atoms with Gasteiger partial charge in [0.15, 0.2) is 0 Å². The molecule has 0 aliphatic heterocycles. The van der Waals surface area contributed by atoms with Crippen LogP contribution in [0.4, 0.5) is 0 Å². The quantitative estimate of drug-likeness (QED) is 0.551. The lowest BCUT2D eigenvalue weighted by molar-refractivity contribution is 0.559. The molecule has 1 aromatic carbocycles. The van der Waals surface area contributed by atoms with Crippen LogP contribution in [0, 0.1) is 6.92 Å². The van der Waals surface area contributed by atoms with Crippen LogP contribution in [0.1, 0.15) is 37.7 Å². The fourth-order valence-corrected chi connectivity index (χ4v) is 3.39. The van der Waals surface area contributed by atoms with E-state index >= 15 is 0 Å². The fourth-order valence-electron chi connectivity index (χ4n) is 3.39. The molecule has 0 aliphatic rings. The molecule has 0 spiro atoms. The maximum Gasteiger partial charge on any atom is 0.137 e. The molecular formula is C20H22N4. The molecule has 0 aliphatic carbocycles. The van der Waals surface area contributed by atoms with E-state index in [4.69, 9.17) is 4.98 Å². The number of nitrogens with zero attached hydrogens (tertiary/aromatic N) is 4. The van der Waals surface area contributed by atoms with E-state index in [1.807, 2.05) is 12.4 Å². The van der Waals surface area contributed by atoms with E-state index in [1.54, 1.807) is 0 Å². The van der Waals surface area contributed by atoms with Gasteiger partial charge in [-0.05, 0) is 30.7 Å². The first-order valence-electron chi connectivity index (χ1n) is 8.32. The molecule has 0 atom stereocenters. The van der Waals surface area contributed by atoms with E-state index in [0.29, 0.717) is 0 Å². The van der Waals surface area contributed by atoms with Crippen LogP contribution in [0.5, 0.6) is 0 Å². The summed E-state index contributed by atoms with van der Waals surface area (Å²) in [6.45, 7) is 9.55. The number of benzene rings is 1. The molecule has 122 valence electrons. The number of imidazole rings is 2. The molecule has 3 aromatic heterocycles. The smallest absolute Gasteiger partial charge is 0.137 e. The summed E-state index contributed by atoms with van der Waals surface area (Å²) in [5.74, 6) is 0. The summed E-state index contributed by atoms with van der Waals surface area (Å²) in [6.07, 6.45) is 4.03. The van der Waals surface area contributed by atoms with Crippen LogP contribution >= 0.6 is 0 Å². The maximum atomic E-state index is 4.90. The number of aryl methyl sites for hydroxylation is 1. The predicted molar refractivity (Wildman–Crippen MR) is 97.5 cm³/mol. The van der Waals surface area contributed by atoms with Crippen molar-refractivity contribution in [3.8, 4) is 0 Å². The molecular weight excluding hydrogens is 296 g/mol. The molecule has 0 N–H and O–H groups in total. The summed E-state index contributed by atoms with van der Waals surface area (Å²) in [4.78, 5) is 9.46. The van der Waals surface area contributed by atoms with Crippen LogP contribution in [0.2, 0.25) is 0 Å². The third kappa shape index (κ3) is 2.30. The van der Waals surface area contributed by atoms with Crippen molar-refractivity contribution in [3.63, 3.8) is 0 Å². The van der Waals surface area contributed by atoms with Gasteiger partial charge in [0.05, 0.1) is 35.3 Å². The minimum absolute atomic E-state index is 0.00716. The van der Waals surface area contributed by atoms with Gasteiger partial charge in [0.25, 0.3) is 0 Å². The summed E-state index contributed by atoms with van der Waals surface area (Å²) < 4.78 is 4.43. The Labute approximate surface area is 141 Å². The Kier molecular flexibility index (Phi) is 3.23. The van der Waals surface area contributed by atoms with Gasteiger partial charge >= 0.3 is 0 Å². The number of hydrogen-bond acceptors (Lipinski definition) is 2. The predicted octanol–water partition coefficient (Wildman–Crippen LogP) is 4.34. The maximum absolute atomic E-state index is 4.90. The van der Waals surface area contributed by atoms with Crippen LogP contribution in [0.3, 0.4) is 0 Å². The van der Waals surface area contributed by atoms with Gasteiger partial charge in [-0.3, -0.25) is 0 Å². The number of fused-ring (bicyclic) bond motifs is 2. The first kappa shape index (κ1) is 14.9. The highest BCUT2D eigenvalue weighted by Crippen LogP contribution is 2.28. The van der Waals surface area contributed by atoms with Gasteiger partial charge in [-0.1, -0.05) is 39.0 Å². The van der Waals surface area contributed by atoms with E-state index in [2.05, 4.69) is 78.2 Å². The molecule has 0 fully saturated rings. The molecule has 0 amide bonds. The molecule has 3 heterocycles. The zero-order valence-electron chi connectivity index (χ0n) is 14.6. The van der Waals surface area contributed by atoms with E-state index in [1.165, 1.54) is 16.8 Å². The van der Waals surface area contributed by atoms with Crippen LogP contribution in [-0.4, -0.2) is 18.9 Å². The Bertz CT molecular complexity index is 1030. The Balaban J connectivity index is 1.93. The van der Waals surface area contributed by atoms with Gasteiger partial charge in [-0.2, -0.15) is 0 Å². The number of pyridine rings is 1. The van der Waals surface area contributed by atoms with Gasteiger partial charge in [0.2, 0.25) is 0 Å². The highest BCUT2D eigenvalue weighted by atomic mass is 15.1. The number of para-hydroxylation sites is 1. The number of aromatic nitrogens is 4. The van der Waals surface area contributed by atoms with Crippen LogP contribution in [0.25, 0.3) is 16.7 Å². The number of rotatable bonds is 2. The Morgan fingerprint density at radius 3 is 2.67 bits per heavy atom. The highest BCUT2D eigenvalue weighted by Gasteiger charge is 2.24. The normalized spacial score (nSPS) is 12.3. The second kappa shape index (κ2) is 5.20. The van der Waals surface area contributed by atoms with Crippen molar-refractivity contribution in [2.75, 3.05) is 0 Å². The lowest BCUT2D eigenvalue weighted by Crippen LogP contribution is -2.16. The molecule has 0 saturated heterocycles. The van der Waals surface area contributed by atoms with Crippen molar-refractivity contribution >= 4 is 16.7 Å². The van der Waals surface area contributed by atoms with Crippen molar-refractivity contribution in [2.45, 2.75) is 39.7 Å². The van der Waals surface area contributed by atoms with Gasteiger partial charge in [-0.25, -0.2) is 9.97 Å². The number of hydrogen-bond donors (Lipinski definition) is 0. The van der Waals surface area contributed by atoms with Gasteiger partial charge in [0.1, 0.15) is 5.65 Å². The summed E-state index contributed by atoms with van der Waals surface area (Å²) in [6, 6.07) is 12.4. The third-order valence-corrected chi connectivity index (χ3v) is 4.50. The molecule has 4 nitrogen and oxygen atoms in total. The summed E-state index contributed by atoms with van der Waals surface area (Å²) in [5.41, 5.74) is 6.84. The topological polar surface area (TPSA) is 35.1 Å². The van der Waals surface area contributed by atoms with Crippen molar-refractivity contribution in [1.82, 2.24) is 18.9 Å². The minimum Gasteiger partial charge on any atom is -0.324 e. The van der Waals surface area contributed by atoms with E-state index in [9.17, 15) is 0 Å². The first-order valence-corrected chi connectivity index (χ1v) is 8.32. The average Bonchev–Trinajstić information content (AvgIpc) is 3.11. The first-order chi connectivity index (χ1) is 11.4. The third-order valence-electron chi connectivity index (χ3n) is 4.50. The lowest BCUT2D eigenvalue weighted by atomic mass is 9.90. The lowest BCUT2D eigenvalue weighted by Gasteiger charge is -2.18. The largest absolute Gasteiger partial charge is 0.324 e. The fraction of sp³-hybridized carbons (Fsp3) is 0.300. The molecule has 4 heteroatoms. The SMILES string of the molecule is Cc1cccc2ncn(Cc3c(C(C)(C)C)nc4ccccn34)c12. The summed E-state index contributed by atoms with van der Waals surface area (Å²) >= 11 is 0. The zero-order chi connectivity index (χ0) is 16.9. The van der Waals surface area contributed by atoms with Crippen molar-refractivity contribution in [3.05, 3.63) is 65.9 Å². The highest BCUT2D eigenvalue weighted by molar-refractivity contribution is 5.78. The van der Waals surface area contributed by atoms with Gasteiger partial charge < -0.3 is 8.97 Å². The zero-order valence-corrected chi connectivity index (χ0v) is 14.6. The molecule has 24 heavy (non-hydrogen) atoms. The van der Waals surface area contributed by atoms with Crippen LogP contribution in [0.15, 0.2) is 48.9 Å². The molecule has 0 saturated carbocycles. The Morgan fingerprint density at radius 1 is 1.04 bits per heavy atom. The van der Waals surface area contributed by atoms with Crippen molar-refractivity contribution < 1.29 is 0 Å². The average molecular weight is 318 g/mol. The summed E-state index contributed by atoms with van der Waals surface area (Å²) in [5, 5.41) is 0. The molecule has 0 unspecified atom stereocenters. The second-order valence-electron chi connectivity index (χ2n) is 7.40. The van der Waals surface area contributed by atoms with Crippen molar-refractivity contribution in [1.29, 1.82) is 0 Å². The molecule has 4 rings (SSSR count). The molecule has 4 aromatic rings. The Hall–Kier alpha value is -2.62. The monoisotopic (exact) mass is 318 g/mol. The summed E-state index contributed by atoms with van der Waals surface area (Å²) in [7, 11) is 0. The van der Waals surface area contributed by atoms with Crippen molar-refractivity contribution in [2.24, 2.45) is 0 Å². The van der Waals surface area contributed by atoms with Gasteiger partial charge in [0, 0.05) is 11.6 Å². The van der Waals surface area contributed by atoms with E-state index in [-0.39, 0.29) is 5.41 Å². The van der Waals surface area contributed by atoms with E-state index in [0.717, 1.165) is 23.4 Å². The standard InChI is InChI=1S/C20H22N4/c1-14-8-7-9-15-18(14)23(13-21-15)12-16-19(20(2,3)4)22-17-10-5-6-11-24(16)17/h5-11,13H,12H2,1-4H3. The van der Waals surface area contributed by atoms with Crippen LogP contribution < -0.4 is 0 Å². The molecule has 0 radical (unpaired) electrons. The Morgan fingerprint density at radius 2 is 1.88 bits per heavy atom. The van der Waals surface area contributed by atoms with Gasteiger partial charge in [-0.15, -0.1) is 0 Å². The molecule has 0 bridgehead atoms. The minimum atomic E-state index is -0.00716. The van der Waals surface area contributed by atoms with Crippen LogP contribution in [-0.2, 0) is 12.0 Å².